The molecule has 26 heavy (non-hydrogen) atoms. The lowest BCUT2D eigenvalue weighted by Gasteiger charge is -2.22. The van der Waals surface area contributed by atoms with Gasteiger partial charge in [0.1, 0.15) is 4.21 Å². The Kier molecular flexibility index (Phi) is 10.4. The summed E-state index contributed by atoms with van der Waals surface area (Å²) in [6.07, 6.45) is 2.45. The lowest BCUT2D eigenvalue weighted by Crippen LogP contribution is -2.40. The Hall–Kier alpha value is -0.390. The first-order valence-corrected chi connectivity index (χ1v) is 11.3. The second kappa shape index (κ2) is 11.5. The fourth-order valence-corrected chi connectivity index (χ4v) is 5.20. The van der Waals surface area contributed by atoms with Crippen LogP contribution < -0.4 is 10.0 Å². The van der Waals surface area contributed by atoms with Crippen LogP contribution in [0.2, 0.25) is 0 Å². The molecule has 1 aromatic rings. The van der Waals surface area contributed by atoms with E-state index in [9.17, 15) is 8.42 Å². The van der Waals surface area contributed by atoms with Gasteiger partial charge in [0.15, 0.2) is 5.96 Å². The standard InChI is InChI=1S/C17H30N4O2S2.HI/c1-4-18-17(21-10-7-15(13-21)12-14(2)3)19-8-9-20-25(22,23)16-6-5-11-24-16;/h5-6,11,14-15,20H,4,7-10,12-13H2,1-3H3,(H,18,19);1H. The molecule has 0 aromatic carbocycles. The summed E-state index contributed by atoms with van der Waals surface area (Å²) < 4.78 is 27.1. The van der Waals surface area contributed by atoms with Gasteiger partial charge in [-0.2, -0.15) is 0 Å². The number of nitrogens with one attached hydrogen (secondary N) is 2. The maximum absolute atomic E-state index is 12.1. The highest BCUT2D eigenvalue weighted by atomic mass is 127. The van der Waals surface area contributed by atoms with Crippen LogP contribution >= 0.6 is 35.3 Å². The molecule has 1 aliphatic rings. The molecule has 1 fully saturated rings. The van der Waals surface area contributed by atoms with Crippen molar-refractivity contribution in [2.45, 2.75) is 37.8 Å². The minimum absolute atomic E-state index is 0. The Morgan fingerprint density at radius 2 is 2.23 bits per heavy atom. The van der Waals surface area contributed by atoms with Crippen molar-refractivity contribution in [3.63, 3.8) is 0 Å². The normalized spacial score (nSPS) is 18.2. The van der Waals surface area contributed by atoms with Crippen molar-refractivity contribution in [3.05, 3.63) is 17.5 Å². The average molecular weight is 514 g/mol. The number of halogens is 1. The van der Waals surface area contributed by atoms with Crippen molar-refractivity contribution in [1.29, 1.82) is 0 Å². The number of rotatable bonds is 8. The van der Waals surface area contributed by atoms with Crippen LogP contribution in [0.3, 0.4) is 0 Å². The summed E-state index contributed by atoms with van der Waals surface area (Å²) in [4.78, 5) is 6.90. The Morgan fingerprint density at radius 3 is 2.85 bits per heavy atom. The van der Waals surface area contributed by atoms with Gasteiger partial charge >= 0.3 is 0 Å². The minimum atomic E-state index is -3.40. The van der Waals surface area contributed by atoms with E-state index in [1.807, 2.05) is 0 Å². The van der Waals surface area contributed by atoms with Gasteiger partial charge in [0, 0.05) is 26.2 Å². The van der Waals surface area contributed by atoms with Gasteiger partial charge in [-0.25, -0.2) is 13.1 Å². The molecule has 1 unspecified atom stereocenters. The van der Waals surface area contributed by atoms with Crippen LogP contribution in [0, 0.1) is 11.8 Å². The zero-order valence-electron chi connectivity index (χ0n) is 15.8. The fourth-order valence-electron chi connectivity index (χ4n) is 3.14. The van der Waals surface area contributed by atoms with Crippen molar-refractivity contribution in [1.82, 2.24) is 14.9 Å². The molecule has 6 nitrogen and oxygen atoms in total. The third-order valence-electron chi connectivity index (χ3n) is 4.15. The molecule has 2 N–H and O–H groups in total. The lowest BCUT2D eigenvalue weighted by atomic mass is 9.97. The Bertz CT molecular complexity index is 648. The molecule has 150 valence electrons. The predicted molar refractivity (Wildman–Crippen MR) is 120 cm³/mol. The van der Waals surface area contributed by atoms with Crippen molar-refractivity contribution in [2.24, 2.45) is 16.8 Å². The Labute approximate surface area is 178 Å². The number of hydrogen-bond acceptors (Lipinski definition) is 4. The summed E-state index contributed by atoms with van der Waals surface area (Å²) in [6, 6.07) is 3.35. The molecule has 2 heterocycles. The number of thiophene rings is 1. The third kappa shape index (κ3) is 7.32. The second-order valence-corrected chi connectivity index (χ2v) is 9.74. The molecule has 0 radical (unpaired) electrons. The zero-order chi connectivity index (χ0) is 18.3. The minimum Gasteiger partial charge on any atom is -0.357 e. The summed E-state index contributed by atoms with van der Waals surface area (Å²) in [5.74, 6) is 2.33. The van der Waals surface area contributed by atoms with Crippen LogP contribution in [-0.2, 0) is 10.0 Å². The average Bonchev–Trinajstić information content (AvgIpc) is 3.21. The van der Waals surface area contributed by atoms with E-state index < -0.39 is 10.0 Å². The highest BCUT2D eigenvalue weighted by Crippen LogP contribution is 2.23. The van der Waals surface area contributed by atoms with E-state index in [1.54, 1.807) is 17.5 Å². The number of aliphatic imine (C=N–C) groups is 1. The van der Waals surface area contributed by atoms with Crippen LogP contribution in [-0.4, -0.2) is 52.0 Å². The number of hydrogen-bond donors (Lipinski definition) is 2. The van der Waals surface area contributed by atoms with Gasteiger partial charge in [-0.1, -0.05) is 19.9 Å². The SMILES string of the molecule is CCNC(=NCCNS(=O)(=O)c1cccs1)N1CCC(CC(C)C)C1.I. The summed E-state index contributed by atoms with van der Waals surface area (Å²) in [7, 11) is -3.40. The maximum Gasteiger partial charge on any atom is 0.250 e. The van der Waals surface area contributed by atoms with Crippen molar-refractivity contribution < 1.29 is 8.42 Å². The number of likely N-dealkylation sites (tertiary alicyclic amines) is 1. The van der Waals surface area contributed by atoms with E-state index >= 15 is 0 Å². The van der Waals surface area contributed by atoms with Crippen LogP contribution in [0.1, 0.15) is 33.6 Å². The Morgan fingerprint density at radius 1 is 1.46 bits per heavy atom. The van der Waals surface area contributed by atoms with E-state index in [-0.39, 0.29) is 24.0 Å². The van der Waals surface area contributed by atoms with Gasteiger partial charge < -0.3 is 10.2 Å². The van der Waals surface area contributed by atoms with Crippen LogP contribution in [0.15, 0.2) is 26.7 Å². The van der Waals surface area contributed by atoms with Gasteiger partial charge in [0.05, 0.1) is 6.54 Å². The molecular weight excluding hydrogens is 483 g/mol. The van der Waals surface area contributed by atoms with E-state index in [4.69, 9.17) is 0 Å². The molecule has 1 atom stereocenters. The molecule has 0 spiro atoms. The quantitative estimate of drug-likeness (QED) is 0.242. The van der Waals surface area contributed by atoms with E-state index in [1.165, 1.54) is 24.2 Å². The number of nitrogens with zero attached hydrogens (tertiary/aromatic N) is 2. The van der Waals surface area contributed by atoms with Gasteiger partial charge in [0.25, 0.3) is 0 Å². The highest BCUT2D eigenvalue weighted by Gasteiger charge is 2.25. The van der Waals surface area contributed by atoms with Crippen molar-refractivity contribution in [3.8, 4) is 0 Å². The van der Waals surface area contributed by atoms with Gasteiger partial charge in [-0.3, -0.25) is 4.99 Å². The topological polar surface area (TPSA) is 73.8 Å². The maximum atomic E-state index is 12.1. The first-order valence-electron chi connectivity index (χ1n) is 8.98. The monoisotopic (exact) mass is 514 g/mol. The second-order valence-electron chi connectivity index (χ2n) is 6.80. The molecule has 1 aromatic heterocycles. The smallest absolute Gasteiger partial charge is 0.250 e. The van der Waals surface area contributed by atoms with Crippen molar-refractivity contribution in [2.75, 3.05) is 32.7 Å². The van der Waals surface area contributed by atoms with Crippen molar-refractivity contribution >= 4 is 51.3 Å². The summed E-state index contributed by atoms with van der Waals surface area (Å²) in [5, 5.41) is 5.09. The molecule has 0 amide bonds. The summed E-state index contributed by atoms with van der Waals surface area (Å²) in [5.41, 5.74) is 0. The number of guanidine groups is 1. The molecule has 1 aliphatic heterocycles. The summed E-state index contributed by atoms with van der Waals surface area (Å²) in [6.45, 7) is 10.2. The molecule has 0 bridgehead atoms. The molecule has 0 aliphatic carbocycles. The van der Waals surface area contributed by atoms with E-state index in [0.29, 0.717) is 17.3 Å². The summed E-state index contributed by atoms with van der Waals surface area (Å²) >= 11 is 1.22. The molecule has 1 saturated heterocycles. The molecule has 0 saturated carbocycles. The molecular formula is C17H31IN4O2S2. The first kappa shape index (κ1) is 23.6. The molecule has 9 heteroatoms. The Balaban J connectivity index is 0.00000338. The fraction of sp³-hybridized carbons (Fsp3) is 0.706. The lowest BCUT2D eigenvalue weighted by molar-refractivity contribution is 0.403. The first-order chi connectivity index (χ1) is 11.9. The van der Waals surface area contributed by atoms with Gasteiger partial charge in [-0.05, 0) is 43.0 Å². The van der Waals surface area contributed by atoms with E-state index in [2.05, 4.69) is 40.7 Å². The third-order valence-corrected chi connectivity index (χ3v) is 7.01. The van der Waals surface area contributed by atoms with Crippen LogP contribution in [0.5, 0.6) is 0 Å². The number of sulfonamides is 1. The molecule has 2 rings (SSSR count). The largest absolute Gasteiger partial charge is 0.357 e. The predicted octanol–water partition coefficient (Wildman–Crippen LogP) is 2.98. The van der Waals surface area contributed by atoms with Crippen LogP contribution in [0.4, 0.5) is 0 Å². The van der Waals surface area contributed by atoms with Gasteiger partial charge in [0.2, 0.25) is 10.0 Å². The highest BCUT2D eigenvalue weighted by molar-refractivity contribution is 14.0. The zero-order valence-corrected chi connectivity index (χ0v) is 19.7. The van der Waals surface area contributed by atoms with E-state index in [0.717, 1.165) is 37.4 Å². The van der Waals surface area contributed by atoms with Crippen LogP contribution in [0.25, 0.3) is 0 Å². The van der Waals surface area contributed by atoms with Gasteiger partial charge in [-0.15, -0.1) is 35.3 Å².